The van der Waals surface area contributed by atoms with Crippen LogP contribution in [-0.2, 0) is 9.84 Å². The summed E-state index contributed by atoms with van der Waals surface area (Å²) >= 11 is 0. The van der Waals surface area contributed by atoms with E-state index in [2.05, 4.69) is 4.99 Å². The van der Waals surface area contributed by atoms with Gasteiger partial charge in [-0.3, -0.25) is 4.99 Å². The van der Waals surface area contributed by atoms with Gasteiger partial charge in [0.2, 0.25) is 9.84 Å². The maximum atomic E-state index is 12.9. The maximum Gasteiger partial charge on any atom is 0.206 e. The highest BCUT2D eigenvalue weighted by Crippen LogP contribution is 2.33. The van der Waals surface area contributed by atoms with E-state index in [9.17, 15) is 13.5 Å². The van der Waals surface area contributed by atoms with Crippen molar-refractivity contribution < 1.29 is 23.0 Å². The van der Waals surface area contributed by atoms with Crippen molar-refractivity contribution in [1.29, 1.82) is 0 Å². The Labute approximate surface area is 170 Å². The van der Waals surface area contributed by atoms with Gasteiger partial charge in [-0.15, -0.1) is 0 Å². The number of hydrogen-bond donors (Lipinski definition) is 1. The summed E-state index contributed by atoms with van der Waals surface area (Å²) in [4.78, 5) is 4.64. The molecular formula is C22H21NO5S. The minimum Gasteiger partial charge on any atom is -0.504 e. The van der Waals surface area contributed by atoms with Crippen LogP contribution in [-0.4, -0.2) is 33.5 Å². The Bertz CT molecular complexity index is 1130. The molecular weight excluding hydrogens is 390 g/mol. The van der Waals surface area contributed by atoms with E-state index < -0.39 is 9.84 Å². The highest BCUT2D eigenvalue weighted by atomic mass is 32.2. The van der Waals surface area contributed by atoms with Crippen molar-refractivity contribution in [2.45, 2.75) is 16.7 Å². The molecule has 0 atom stereocenters. The summed E-state index contributed by atoms with van der Waals surface area (Å²) in [5, 5.41) is 10.3. The number of aliphatic imine (C=N–C) groups is 1. The van der Waals surface area contributed by atoms with Crippen molar-refractivity contribution in [2.24, 2.45) is 4.99 Å². The summed E-state index contributed by atoms with van der Waals surface area (Å²) in [5.41, 5.74) is 0.764. The van der Waals surface area contributed by atoms with Gasteiger partial charge in [0, 0.05) is 11.8 Å². The van der Waals surface area contributed by atoms with Gasteiger partial charge in [-0.25, -0.2) is 8.42 Å². The number of aromatic hydroxyl groups is 1. The molecule has 0 heterocycles. The average molecular weight is 411 g/mol. The molecule has 0 radical (unpaired) electrons. The summed E-state index contributed by atoms with van der Waals surface area (Å²) in [7, 11) is -2.21. The van der Waals surface area contributed by atoms with Gasteiger partial charge in [0.05, 0.1) is 23.5 Å². The predicted molar refractivity (Wildman–Crippen MR) is 111 cm³/mol. The van der Waals surface area contributed by atoms with Crippen molar-refractivity contribution in [3.8, 4) is 17.2 Å². The van der Waals surface area contributed by atoms with Crippen molar-refractivity contribution in [3.63, 3.8) is 0 Å². The first-order chi connectivity index (χ1) is 14.0. The molecule has 0 aromatic heterocycles. The van der Waals surface area contributed by atoms with E-state index in [0.29, 0.717) is 29.4 Å². The molecule has 0 fully saturated rings. The Morgan fingerprint density at radius 2 is 1.72 bits per heavy atom. The number of benzene rings is 3. The van der Waals surface area contributed by atoms with Crippen LogP contribution in [0.1, 0.15) is 12.5 Å². The van der Waals surface area contributed by atoms with Crippen LogP contribution in [0.2, 0.25) is 0 Å². The SMILES string of the molecule is CCOc1cccc(C=Nc2cc(S(=O)(=O)c3ccccc3)ccc2OC)c1O. The van der Waals surface area contributed by atoms with Crippen molar-refractivity contribution in [1.82, 2.24) is 0 Å². The molecule has 7 heteroatoms. The van der Waals surface area contributed by atoms with Crippen LogP contribution in [0.3, 0.4) is 0 Å². The second-order valence-electron chi connectivity index (χ2n) is 6.04. The number of phenols is 1. The molecule has 3 rings (SSSR count). The molecule has 0 aliphatic carbocycles. The molecule has 6 nitrogen and oxygen atoms in total. The molecule has 0 saturated carbocycles. The van der Waals surface area contributed by atoms with E-state index in [1.807, 2.05) is 6.92 Å². The van der Waals surface area contributed by atoms with Gasteiger partial charge in [0.1, 0.15) is 11.4 Å². The number of sulfone groups is 1. The zero-order chi connectivity index (χ0) is 20.9. The molecule has 1 N–H and O–H groups in total. The fourth-order valence-electron chi connectivity index (χ4n) is 2.73. The average Bonchev–Trinajstić information content (AvgIpc) is 2.75. The Balaban J connectivity index is 2.01. The molecule has 29 heavy (non-hydrogen) atoms. The van der Waals surface area contributed by atoms with Gasteiger partial charge in [0.25, 0.3) is 0 Å². The minimum absolute atomic E-state index is 0.0369. The van der Waals surface area contributed by atoms with Gasteiger partial charge < -0.3 is 14.6 Å². The van der Waals surface area contributed by atoms with E-state index in [1.165, 1.54) is 25.5 Å². The van der Waals surface area contributed by atoms with Crippen LogP contribution in [0.5, 0.6) is 17.2 Å². The molecule has 0 bridgehead atoms. The molecule has 150 valence electrons. The zero-order valence-corrected chi connectivity index (χ0v) is 16.9. The van der Waals surface area contributed by atoms with E-state index >= 15 is 0 Å². The number of methoxy groups -OCH3 is 1. The maximum absolute atomic E-state index is 12.9. The number of rotatable bonds is 7. The standard InChI is InChI=1S/C22H21NO5S/c1-3-28-21-11-7-8-16(22(21)24)15-23-19-14-18(12-13-20(19)27-2)29(25,26)17-9-5-4-6-10-17/h4-15,24H,3H2,1-2H3. The van der Waals surface area contributed by atoms with Gasteiger partial charge in [-0.2, -0.15) is 0 Å². The smallest absolute Gasteiger partial charge is 0.206 e. The second kappa shape index (κ2) is 8.79. The monoisotopic (exact) mass is 411 g/mol. The first kappa shape index (κ1) is 20.4. The van der Waals surface area contributed by atoms with Crippen LogP contribution >= 0.6 is 0 Å². The molecule has 0 spiro atoms. The van der Waals surface area contributed by atoms with Gasteiger partial charge >= 0.3 is 0 Å². The summed E-state index contributed by atoms with van der Waals surface area (Å²) in [6.07, 6.45) is 1.44. The topological polar surface area (TPSA) is 85.2 Å². The third-order valence-corrected chi connectivity index (χ3v) is 5.95. The highest BCUT2D eigenvalue weighted by Gasteiger charge is 2.19. The quantitative estimate of drug-likeness (QED) is 0.583. The number of hydrogen-bond acceptors (Lipinski definition) is 6. The molecule has 0 aliphatic heterocycles. The minimum atomic E-state index is -3.69. The third-order valence-electron chi connectivity index (χ3n) is 4.19. The Kier molecular flexibility index (Phi) is 6.19. The lowest BCUT2D eigenvalue weighted by molar-refractivity contribution is 0.318. The van der Waals surface area contributed by atoms with Gasteiger partial charge in [-0.1, -0.05) is 24.3 Å². The van der Waals surface area contributed by atoms with Gasteiger partial charge in [0.15, 0.2) is 11.5 Å². The largest absolute Gasteiger partial charge is 0.504 e. The Hall–Kier alpha value is -3.32. The van der Waals surface area contributed by atoms with Gasteiger partial charge in [-0.05, 0) is 49.4 Å². The van der Waals surface area contributed by atoms with Crippen molar-refractivity contribution in [2.75, 3.05) is 13.7 Å². The Morgan fingerprint density at radius 3 is 2.41 bits per heavy atom. The molecule has 0 saturated heterocycles. The Morgan fingerprint density at radius 1 is 0.966 bits per heavy atom. The predicted octanol–water partition coefficient (Wildman–Crippen LogP) is 4.38. The summed E-state index contributed by atoms with van der Waals surface area (Å²) < 4.78 is 36.4. The lowest BCUT2D eigenvalue weighted by Gasteiger charge is -2.09. The van der Waals surface area contributed by atoms with Crippen molar-refractivity contribution in [3.05, 3.63) is 72.3 Å². The summed E-state index contributed by atoms with van der Waals surface area (Å²) in [6.45, 7) is 2.24. The normalized spacial score (nSPS) is 11.5. The number of ether oxygens (including phenoxy) is 2. The summed E-state index contributed by atoms with van der Waals surface area (Å²) in [5.74, 6) is 0.725. The highest BCUT2D eigenvalue weighted by molar-refractivity contribution is 7.91. The van der Waals surface area contributed by atoms with E-state index in [0.717, 1.165) is 0 Å². The second-order valence-corrected chi connectivity index (χ2v) is 7.99. The lowest BCUT2D eigenvalue weighted by Crippen LogP contribution is -2.01. The van der Waals surface area contributed by atoms with Crippen molar-refractivity contribution >= 4 is 21.7 Å². The van der Waals surface area contributed by atoms with Crippen LogP contribution in [0.15, 0.2) is 81.5 Å². The molecule has 0 aliphatic rings. The number of para-hydroxylation sites is 1. The fraction of sp³-hybridized carbons (Fsp3) is 0.136. The zero-order valence-electron chi connectivity index (χ0n) is 16.1. The summed E-state index contributed by atoms with van der Waals surface area (Å²) in [6, 6.07) is 17.7. The van der Waals surface area contributed by atoms with Crippen LogP contribution in [0, 0.1) is 0 Å². The van der Waals surface area contributed by atoms with Crippen LogP contribution < -0.4 is 9.47 Å². The number of nitrogens with zero attached hydrogens (tertiary/aromatic N) is 1. The first-order valence-electron chi connectivity index (χ1n) is 8.94. The van der Waals surface area contributed by atoms with E-state index in [1.54, 1.807) is 54.6 Å². The third kappa shape index (κ3) is 4.41. The molecule has 0 amide bonds. The van der Waals surface area contributed by atoms with Crippen LogP contribution in [0.4, 0.5) is 5.69 Å². The fourth-order valence-corrected chi connectivity index (χ4v) is 4.03. The van der Waals surface area contributed by atoms with E-state index in [-0.39, 0.29) is 15.5 Å². The number of phenolic OH excluding ortho intramolecular Hbond substituents is 1. The van der Waals surface area contributed by atoms with Crippen LogP contribution in [0.25, 0.3) is 0 Å². The molecule has 0 unspecified atom stereocenters. The lowest BCUT2D eigenvalue weighted by atomic mass is 10.2. The molecule has 3 aromatic carbocycles. The first-order valence-corrected chi connectivity index (χ1v) is 10.4. The molecule has 3 aromatic rings. The van der Waals surface area contributed by atoms with E-state index in [4.69, 9.17) is 9.47 Å².